The molecule has 1 N–H and O–H groups in total. The molecule has 1 amide bonds. The van der Waals surface area contributed by atoms with Crippen LogP contribution >= 0.6 is 11.6 Å². The Morgan fingerprint density at radius 3 is 2.62 bits per heavy atom. The van der Waals surface area contributed by atoms with Gasteiger partial charge >= 0.3 is 0 Å². The van der Waals surface area contributed by atoms with Gasteiger partial charge in [0.25, 0.3) is 5.91 Å². The number of nitrogens with one attached hydrogen (secondary N) is 1. The average Bonchev–Trinajstić information content (AvgIpc) is 3.43. The molecule has 0 saturated carbocycles. The molecule has 1 aromatic carbocycles. The van der Waals surface area contributed by atoms with Crippen molar-refractivity contribution in [2.45, 2.75) is 13.8 Å². The Hall–Kier alpha value is -4.11. The second kappa shape index (κ2) is 7.86. The normalized spacial score (nSPS) is 11.1. The molecule has 0 radical (unpaired) electrons. The number of nitrogens with zero attached hydrogens (tertiary/aromatic N) is 7. The summed E-state index contributed by atoms with van der Waals surface area (Å²) in [6.07, 6.45) is 6.10. The van der Waals surface area contributed by atoms with Gasteiger partial charge in [-0.3, -0.25) is 9.78 Å². The Balaban J connectivity index is 1.44. The summed E-state index contributed by atoms with van der Waals surface area (Å²) in [4.78, 5) is 23.1. The lowest BCUT2D eigenvalue weighted by atomic mass is 10.1. The van der Waals surface area contributed by atoms with Gasteiger partial charge in [-0.05, 0) is 44.2 Å². The van der Waals surface area contributed by atoms with Crippen LogP contribution < -0.4 is 5.32 Å². The van der Waals surface area contributed by atoms with Crippen molar-refractivity contribution in [2.75, 3.05) is 5.32 Å². The second-order valence-electron chi connectivity index (χ2n) is 7.15. The van der Waals surface area contributed by atoms with Gasteiger partial charge in [-0.1, -0.05) is 17.7 Å². The molecule has 5 rings (SSSR count). The van der Waals surface area contributed by atoms with Crippen molar-refractivity contribution >= 4 is 34.1 Å². The molecule has 4 aromatic heterocycles. The number of amides is 1. The number of aromatic nitrogens is 7. The molecule has 10 heteroatoms. The average molecular weight is 445 g/mol. The van der Waals surface area contributed by atoms with E-state index in [0.29, 0.717) is 27.8 Å². The van der Waals surface area contributed by atoms with Gasteiger partial charge in [0.15, 0.2) is 5.82 Å². The zero-order valence-corrected chi connectivity index (χ0v) is 17.9. The minimum atomic E-state index is -0.314. The first-order valence-electron chi connectivity index (χ1n) is 9.76. The molecule has 0 atom stereocenters. The highest BCUT2D eigenvalue weighted by Crippen LogP contribution is 2.25. The summed E-state index contributed by atoms with van der Waals surface area (Å²) in [5.74, 6) is 0.0595. The number of pyridine rings is 2. The molecular formula is C22H17ClN8O. The molecule has 0 fully saturated rings. The van der Waals surface area contributed by atoms with Crippen LogP contribution in [-0.2, 0) is 0 Å². The van der Waals surface area contributed by atoms with E-state index in [4.69, 9.17) is 11.6 Å². The number of benzene rings is 1. The summed E-state index contributed by atoms with van der Waals surface area (Å²) < 4.78 is 1.74. The first kappa shape index (κ1) is 19.8. The predicted molar refractivity (Wildman–Crippen MR) is 120 cm³/mol. The smallest absolute Gasteiger partial charge is 0.259 e. The van der Waals surface area contributed by atoms with Crippen molar-refractivity contribution in [2.24, 2.45) is 0 Å². The third-order valence-electron chi connectivity index (χ3n) is 5.02. The Kier molecular flexibility index (Phi) is 4.87. The van der Waals surface area contributed by atoms with Crippen LogP contribution in [0.25, 0.3) is 22.4 Å². The van der Waals surface area contributed by atoms with Crippen LogP contribution in [0.4, 0.5) is 5.69 Å². The summed E-state index contributed by atoms with van der Waals surface area (Å²) in [5.41, 5.74) is 4.26. The molecule has 9 nitrogen and oxygen atoms in total. The van der Waals surface area contributed by atoms with Crippen molar-refractivity contribution in [1.82, 2.24) is 34.7 Å². The molecule has 0 aliphatic heterocycles. The number of anilines is 1. The van der Waals surface area contributed by atoms with E-state index in [2.05, 4.69) is 30.6 Å². The third kappa shape index (κ3) is 3.48. The molecule has 158 valence electrons. The van der Waals surface area contributed by atoms with Crippen LogP contribution in [0.5, 0.6) is 0 Å². The predicted octanol–water partition coefficient (Wildman–Crippen LogP) is 3.92. The molecule has 5 aromatic rings. The lowest BCUT2D eigenvalue weighted by Gasteiger charge is -2.10. The number of rotatable bonds is 4. The fraction of sp³-hybridized carbons (Fsp3) is 0.0909. The molecule has 0 spiro atoms. The highest BCUT2D eigenvalue weighted by Gasteiger charge is 2.18. The van der Waals surface area contributed by atoms with Crippen LogP contribution in [0.2, 0.25) is 5.02 Å². The highest BCUT2D eigenvalue weighted by molar-refractivity contribution is 6.32. The molecular weight excluding hydrogens is 428 g/mol. The number of fused-ring (bicyclic) bond motifs is 1. The van der Waals surface area contributed by atoms with Crippen LogP contribution in [-0.4, -0.2) is 40.6 Å². The van der Waals surface area contributed by atoms with E-state index in [0.717, 1.165) is 22.3 Å². The van der Waals surface area contributed by atoms with Gasteiger partial charge < -0.3 is 5.32 Å². The Morgan fingerprint density at radius 2 is 1.84 bits per heavy atom. The van der Waals surface area contributed by atoms with Crippen molar-refractivity contribution < 1.29 is 4.79 Å². The first-order chi connectivity index (χ1) is 15.5. The maximum atomic E-state index is 12.9. The number of aryl methyl sites for hydroxylation is 1. The molecule has 0 aliphatic carbocycles. The van der Waals surface area contributed by atoms with Crippen LogP contribution in [0.1, 0.15) is 21.7 Å². The molecule has 0 unspecified atom stereocenters. The largest absolute Gasteiger partial charge is 0.320 e. The quantitative estimate of drug-likeness (QED) is 0.450. The summed E-state index contributed by atoms with van der Waals surface area (Å²) in [6.45, 7) is 3.80. The lowest BCUT2D eigenvalue weighted by Crippen LogP contribution is -2.14. The lowest BCUT2D eigenvalue weighted by molar-refractivity contribution is 0.102. The van der Waals surface area contributed by atoms with Gasteiger partial charge in [0.1, 0.15) is 0 Å². The first-order valence-corrected chi connectivity index (χ1v) is 10.1. The van der Waals surface area contributed by atoms with Gasteiger partial charge in [0.05, 0.1) is 58.0 Å². The number of carbonyl (C=O) groups is 1. The van der Waals surface area contributed by atoms with Gasteiger partial charge in [-0.15, -0.1) is 4.80 Å². The summed E-state index contributed by atoms with van der Waals surface area (Å²) in [5, 5.41) is 16.6. The van der Waals surface area contributed by atoms with Crippen LogP contribution in [0, 0.1) is 13.8 Å². The van der Waals surface area contributed by atoms with E-state index in [1.54, 1.807) is 16.9 Å². The summed E-state index contributed by atoms with van der Waals surface area (Å²) >= 11 is 6.30. The minimum absolute atomic E-state index is 0.310. The van der Waals surface area contributed by atoms with Crippen molar-refractivity contribution in [3.63, 3.8) is 0 Å². The van der Waals surface area contributed by atoms with Crippen LogP contribution in [0.15, 0.2) is 61.2 Å². The SMILES string of the molecule is Cc1ccc2c(-n3ncc(C(=O)Nc4cnc(-n5nccn5)c(Cl)c4)c3C)cccc2n1. The van der Waals surface area contributed by atoms with E-state index >= 15 is 0 Å². The number of hydrogen-bond donors (Lipinski definition) is 1. The molecule has 32 heavy (non-hydrogen) atoms. The highest BCUT2D eigenvalue weighted by atomic mass is 35.5. The maximum Gasteiger partial charge on any atom is 0.259 e. The molecule has 0 bridgehead atoms. The summed E-state index contributed by atoms with van der Waals surface area (Å²) in [7, 11) is 0. The van der Waals surface area contributed by atoms with Gasteiger partial charge in [0.2, 0.25) is 0 Å². The monoisotopic (exact) mass is 444 g/mol. The number of carbonyl (C=O) groups excluding carboxylic acids is 1. The maximum absolute atomic E-state index is 12.9. The van der Waals surface area contributed by atoms with E-state index in [-0.39, 0.29) is 5.91 Å². The minimum Gasteiger partial charge on any atom is -0.320 e. The second-order valence-corrected chi connectivity index (χ2v) is 7.56. The van der Waals surface area contributed by atoms with Gasteiger partial charge in [-0.2, -0.15) is 15.3 Å². The Labute approximate surface area is 187 Å². The van der Waals surface area contributed by atoms with Gasteiger partial charge in [0, 0.05) is 11.1 Å². The zero-order chi connectivity index (χ0) is 22.2. The van der Waals surface area contributed by atoms with Gasteiger partial charge in [-0.25, -0.2) is 9.67 Å². The topological polar surface area (TPSA) is 103 Å². The Morgan fingerprint density at radius 1 is 1.03 bits per heavy atom. The van der Waals surface area contributed by atoms with E-state index < -0.39 is 0 Å². The number of hydrogen-bond acceptors (Lipinski definition) is 6. The molecule has 0 aliphatic rings. The fourth-order valence-electron chi connectivity index (χ4n) is 3.47. The molecule has 4 heterocycles. The van der Waals surface area contributed by atoms with Crippen molar-refractivity contribution in [3.8, 4) is 11.5 Å². The number of halogens is 1. The fourth-order valence-corrected chi connectivity index (χ4v) is 3.71. The summed E-state index contributed by atoms with van der Waals surface area (Å²) in [6, 6.07) is 11.4. The standard InChI is InChI=1S/C22H17ClN8O/c1-13-6-7-16-19(28-13)4-3-5-20(16)30-14(2)17(12-27-30)22(32)29-15-10-18(23)21(24-11-15)31-25-8-9-26-31/h3-12H,1-2H3,(H,29,32). The van der Waals surface area contributed by atoms with E-state index in [1.807, 2.05) is 44.2 Å². The van der Waals surface area contributed by atoms with Crippen molar-refractivity contribution in [1.29, 1.82) is 0 Å². The zero-order valence-electron chi connectivity index (χ0n) is 17.2. The van der Waals surface area contributed by atoms with E-state index in [1.165, 1.54) is 23.4 Å². The van der Waals surface area contributed by atoms with Crippen molar-refractivity contribution in [3.05, 3.63) is 83.2 Å². The van der Waals surface area contributed by atoms with Crippen LogP contribution in [0.3, 0.4) is 0 Å². The Bertz CT molecular complexity index is 1460. The third-order valence-corrected chi connectivity index (χ3v) is 5.30. The molecule has 0 saturated heterocycles. The van der Waals surface area contributed by atoms with E-state index in [9.17, 15) is 4.79 Å².